The number of nitrogens with zero attached hydrogens (tertiary/aromatic N) is 1. The lowest BCUT2D eigenvalue weighted by atomic mass is 10.3. The summed E-state index contributed by atoms with van der Waals surface area (Å²) in [5.74, 6) is -2.08. The lowest BCUT2D eigenvalue weighted by molar-refractivity contribution is -0.115. The number of anilines is 1. The Morgan fingerprint density at radius 2 is 1.90 bits per heavy atom. The largest absolute Gasteiger partial charge is 0.320 e. The van der Waals surface area contributed by atoms with E-state index in [0.717, 1.165) is 12.1 Å². The van der Waals surface area contributed by atoms with Crippen molar-refractivity contribution >= 4 is 23.4 Å². The zero-order valence-corrected chi connectivity index (χ0v) is 11.5. The van der Waals surface area contributed by atoms with Gasteiger partial charge in [-0.2, -0.15) is 0 Å². The van der Waals surface area contributed by atoms with Gasteiger partial charge in [0.15, 0.2) is 0 Å². The van der Waals surface area contributed by atoms with Gasteiger partial charge in [0.2, 0.25) is 5.91 Å². The van der Waals surface area contributed by atoms with Crippen LogP contribution in [0.2, 0.25) is 0 Å². The van der Waals surface area contributed by atoms with Crippen LogP contribution in [0.5, 0.6) is 0 Å². The predicted octanol–water partition coefficient (Wildman–Crippen LogP) is 3.48. The van der Waals surface area contributed by atoms with Gasteiger partial charge in [-0.3, -0.25) is 4.79 Å². The van der Waals surface area contributed by atoms with Crippen molar-refractivity contribution < 1.29 is 13.6 Å². The Bertz CT molecular complexity index is 587. The van der Waals surface area contributed by atoms with Crippen molar-refractivity contribution in [3.63, 3.8) is 0 Å². The highest BCUT2D eigenvalue weighted by Crippen LogP contribution is 2.23. The van der Waals surface area contributed by atoms with Gasteiger partial charge in [0.05, 0.1) is 10.3 Å². The number of carbonyl (C=O) groups excluding carboxylic acids is 1. The van der Waals surface area contributed by atoms with Crippen LogP contribution in [-0.4, -0.2) is 16.1 Å². The lowest BCUT2D eigenvalue weighted by Crippen LogP contribution is -2.23. The maximum Gasteiger partial charge on any atom is 0.237 e. The average Bonchev–Trinajstić information content (AvgIpc) is 2.44. The summed E-state index contributed by atoms with van der Waals surface area (Å²) < 4.78 is 26.9. The van der Waals surface area contributed by atoms with Crippen LogP contribution in [0.3, 0.4) is 0 Å². The highest BCUT2D eigenvalue weighted by molar-refractivity contribution is 8.00. The smallest absolute Gasteiger partial charge is 0.237 e. The maximum absolute atomic E-state index is 13.4. The Hall–Kier alpha value is -1.95. The number of carbonyl (C=O) groups is 1. The number of pyridine rings is 1. The van der Waals surface area contributed by atoms with Crippen LogP contribution in [-0.2, 0) is 4.79 Å². The van der Waals surface area contributed by atoms with E-state index in [1.807, 2.05) is 0 Å². The molecule has 2 aromatic rings. The van der Waals surface area contributed by atoms with Gasteiger partial charge < -0.3 is 5.32 Å². The van der Waals surface area contributed by atoms with Crippen LogP contribution in [0, 0.1) is 11.6 Å². The van der Waals surface area contributed by atoms with Gasteiger partial charge in [-0.1, -0.05) is 23.9 Å². The Morgan fingerprint density at radius 1 is 1.20 bits per heavy atom. The molecular formula is C14H12F2N2OS. The van der Waals surface area contributed by atoms with Gasteiger partial charge in [-0.15, -0.1) is 0 Å². The van der Waals surface area contributed by atoms with E-state index in [-0.39, 0.29) is 0 Å². The Morgan fingerprint density at radius 3 is 2.50 bits per heavy atom. The molecule has 2 rings (SSSR count). The molecule has 1 aromatic heterocycles. The summed E-state index contributed by atoms with van der Waals surface area (Å²) in [5, 5.41) is 2.41. The average molecular weight is 294 g/mol. The number of halogens is 2. The highest BCUT2D eigenvalue weighted by Gasteiger charge is 2.18. The van der Waals surface area contributed by atoms with Gasteiger partial charge in [0, 0.05) is 6.20 Å². The van der Waals surface area contributed by atoms with Gasteiger partial charge in [0.1, 0.15) is 17.3 Å². The van der Waals surface area contributed by atoms with Crippen LogP contribution < -0.4 is 5.32 Å². The third kappa shape index (κ3) is 3.54. The van der Waals surface area contributed by atoms with E-state index < -0.39 is 28.5 Å². The van der Waals surface area contributed by atoms with E-state index in [1.54, 1.807) is 31.3 Å². The van der Waals surface area contributed by atoms with Crippen molar-refractivity contribution in [2.75, 3.05) is 5.32 Å². The number of rotatable bonds is 4. The molecule has 0 saturated carbocycles. The Labute approximate surface area is 119 Å². The van der Waals surface area contributed by atoms with Crippen LogP contribution in [0.4, 0.5) is 14.5 Å². The van der Waals surface area contributed by atoms with Gasteiger partial charge >= 0.3 is 0 Å². The molecule has 3 nitrogen and oxygen atoms in total. The number of thioether (sulfide) groups is 1. The number of amides is 1. The van der Waals surface area contributed by atoms with E-state index >= 15 is 0 Å². The second kappa shape index (κ2) is 6.47. The van der Waals surface area contributed by atoms with Crippen molar-refractivity contribution in [1.82, 2.24) is 4.98 Å². The van der Waals surface area contributed by atoms with Gasteiger partial charge in [-0.05, 0) is 31.2 Å². The molecule has 1 aromatic carbocycles. The molecule has 0 bridgehead atoms. The summed E-state index contributed by atoms with van der Waals surface area (Å²) in [6.45, 7) is 1.65. The standard InChI is InChI=1S/C14H12F2N2OS/c1-9(20-12-7-2-3-8-17-12)14(19)18-13-10(15)5-4-6-11(13)16/h2-9H,1H3,(H,18,19). The summed E-state index contributed by atoms with van der Waals surface area (Å²) in [7, 11) is 0. The summed E-state index contributed by atoms with van der Waals surface area (Å²) in [6, 6.07) is 8.76. The first-order chi connectivity index (χ1) is 9.58. The maximum atomic E-state index is 13.4. The first kappa shape index (κ1) is 14.5. The number of nitrogens with one attached hydrogen (secondary N) is 1. The molecule has 6 heteroatoms. The monoisotopic (exact) mass is 294 g/mol. The molecular weight excluding hydrogens is 282 g/mol. The molecule has 1 atom stereocenters. The Balaban J connectivity index is 2.05. The molecule has 0 saturated heterocycles. The van der Waals surface area contributed by atoms with Crippen molar-refractivity contribution in [3.05, 3.63) is 54.2 Å². The molecule has 0 aliphatic carbocycles. The minimum atomic E-state index is -0.798. The fourth-order valence-corrected chi connectivity index (χ4v) is 2.30. The summed E-state index contributed by atoms with van der Waals surface area (Å²) in [6.07, 6.45) is 1.61. The van der Waals surface area contributed by atoms with Crippen LogP contribution in [0.25, 0.3) is 0 Å². The fourth-order valence-electron chi connectivity index (χ4n) is 1.49. The number of benzene rings is 1. The molecule has 1 amide bonds. The van der Waals surface area contributed by atoms with E-state index in [9.17, 15) is 13.6 Å². The van der Waals surface area contributed by atoms with E-state index in [0.29, 0.717) is 5.03 Å². The predicted molar refractivity (Wildman–Crippen MR) is 74.5 cm³/mol. The zero-order chi connectivity index (χ0) is 14.5. The normalized spacial score (nSPS) is 11.9. The molecule has 0 fully saturated rings. The molecule has 0 aliphatic rings. The van der Waals surface area contributed by atoms with Crippen LogP contribution in [0.15, 0.2) is 47.6 Å². The zero-order valence-electron chi connectivity index (χ0n) is 10.6. The fraction of sp³-hybridized carbons (Fsp3) is 0.143. The highest BCUT2D eigenvalue weighted by atomic mass is 32.2. The number of para-hydroxylation sites is 1. The van der Waals surface area contributed by atoms with E-state index in [4.69, 9.17) is 0 Å². The van der Waals surface area contributed by atoms with Crippen molar-refractivity contribution in [1.29, 1.82) is 0 Å². The third-order valence-electron chi connectivity index (χ3n) is 2.52. The first-order valence-electron chi connectivity index (χ1n) is 5.90. The minimum absolute atomic E-state index is 0.425. The molecule has 1 heterocycles. The van der Waals surface area contributed by atoms with Crippen LogP contribution >= 0.6 is 11.8 Å². The lowest BCUT2D eigenvalue weighted by Gasteiger charge is -2.12. The third-order valence-corrected chi connectivity index (χ3v) is 3.57. The van der Waals surface area contributed by atoms with E-state index in [2.05, 4.69) is 10.3 Å². The van der Waals surface area contributed by atoms with Gasteiger partial charge in [0.25, 0.3) is 0 Å². The molecule has 1 N–H and O–H groups in total. The topological polar surface area (TPSA) is 42.0 Å². The SMILES string of the molecule is CC(Sc1ccccn1)C(=O)Nc1c(F)cccc1F. The molecule has 104 valence electrons. The number of hydrogen-bond donors (Lipinski definition) is 1. The molecule has 20 heavy (non-hydrogen) atoms. The van der Waals surface area contributed by atoms with E-state index in [1.165, 1.54) is 17.8 Å². The summed E-state index contributed by atoms with van der Waals surface area (Å²) >= 11 is 1.21. The molecule has 0 aliphatic heterocycles. The van der Waals surface area contributed by atoms with Crippen molar-refractivity contribution in [3.8, 4) is 0 Å². The molecule has 0 spiro atoms. The second-order valence-electron chi connectivity index (χ2n) is 4.01. The van der Waals surface area contributed by atoms with Crippen molar-refractivity contribution in [2.45, 2.75) is 17.2 Å². The quantitative estimate of drug-likeness (QED) is 0.878. The van der Waals surface area contributed by atoms with Crippen molar-refractivity contribution in [2.24, 2.45) is 0 Å². The van der Waals surface area contributed by atoms with Crippen LogP contribution in [0.1, 0.15) is 6.92 Å². The molecule has 1 unspecified atom stereocenters. The molecule has 0 radical (unpaired) electrons. The second-order valence-corrected chi connectivity index (χ2v) is 5.38. The summed E-state index contributed by atoms with van der Waals surface area (Å²) in [5.41, 5.74) is -0.425. The number of aromatic nitrogens is 1. The Kier molecular flexibility index (Phi) is 4.68. The van der Waals surface area contributed by atoms with Gasteiger partial charge in [-0.25, -0.2) is 13.8 Å². The first-order valence-corrected chi connectivity index (χ1v) is 6.78. The number of hydrogen-bond acceptors (Lipinski definition) is 3. The minimum Gasteiger partial charge on any atom is -0.320 e. The summed E-state index contributed by atoms with van der Waals surface area (Å²) in [4.78, 5) is 16.0.